The maximum absolute atomic E-state index is 12.0. The number of nitrogens with zero attached hydrogens (tertiary/aromatic N) is 3. The predicted octanol–water partition coefficient (Wildman–Crippen LogP) is 3.51. The van der Waals surface area contributed by atoms with Gasteiger partial charge in [-0.25, -0.2) is 9.47 Å². The summed E-state index contributed by atoms with van der Waals surface area (Å²) in [6.07, 6.45) is 0.128. The fraction of sp³-hybridized carbons (Fsp3) is 0.333. The number of nitrogens with two attached hydrogens (primary N) is 1. The number of carbonyl (C=O) groups excluding carboxylic acids is 2. The molecule has 0 atom stereocenters. The Balaban J connectivity index is 1.43. The van der Waals surface area contributed by atoms with Gasteiger partial charge in [0.25, 0.3) is 0 Å². The molecule has 0 fully saturated rings. The molecule has 0 spiro atoms. The first-order chi connectivity index (χ1) is 16.3. The van der Waals surface area contributed by atoms with Crippen molar-refractivity contribution < 1.29 is 14.3 Å². The number of hydrogen-bond donors (Lipinski definition) is 3. The minimum Gasteiger partial charge on any atom is -0.485 e. The van der Waals surface area contributed by atoms with Gasteiger partial charge in [0, 0.05) is 18.7 Å². The summed E-state index contributed by atoms with van der Waals surface area (Å²) in [6.45, 7) is 6.76. The summed E-state index contributed by atoms with van der Waals surface area (Å²) >= 11 is 1.28. The van der Waals surface area contributed by atoms with Gasteiger partial charge in [-0.3, -0.25) is 10.1 Å². The van der Waals surface area contributed by atoms with Crippen LogP contribution < -0.4 is 21.2 Å². The maximum atomic E-state index is 12.0. The topological polar surface area (TPSA) is 124 Å². The number of benzene rings is 2. The van der Waals surface area contributed by atoms with Gasteiger partial charge in [-0.1, -0.05) is 68.1 Å². The van der Waals surface area contributed by atoms with E-state index in [1.54, 1.807) is 0 Å². The summed E-state index contributed by atoms with van der Waals surface area (Å²) < 4.78 is 7.34. The number of thioether (sulfide) groups is 1. The quantitative estimate of drug-likeness (QED) is 0.298. The predicted molar refractivity (Wildman–Crippen MR) is 132 cm³/mol. The third-order valence-electron chi connectivity index (χ3n) is 4.99. The highest BCUT2D eigenvalue weighted by Gasteiger charge is 2.14. The van der Waals surface area contributed by atoms with Crippen LogP contribution in [0.3, 0.4) is 0 Å². The summed E-state index contributed by atoms with van der Waals surface area (Å²) in [7, 11) is 0. The average molecular weight is 483 g/mol. The van der Waals surface area contributed by atoms with Crippen LogP contribution in [0.4, 0.5) is 4.79 Å². The highest BCUT2D eigenvalue weighted by Crippen LogP contribution is 2.28. The minimum atomic E-state index is -0.530. The van der Waals surface area contributed by atoms with Crippen LogP contribution in [0.15, 0.2) is 53.7 Å². The van der Waals surface area contributed by atoms with Crippen molar-refractivity contribution in [2.24, 2.45) is 0 Å². The van der Waals surface area contributed by atoms with Gasteiger partial charge in [-0.05, 0) is 35.6 Å². The van der Waals surface area contributed by atoms with Gasteiger partial charge in [0.15, 0.2) is 5.82 Å². The molecule has 4 N–H and O–H groups in total. The van der Waals surface area contributed by atoms with Crippen LogP contribution in [-0.2, 0) is 17.9 Å². The van der Waals surface area contributed by atoms with Crippen LogP contribution >= 0.6 is 11.8 Å². The van der Waals surface area contributed by atoms with Crippen molar-refractivity contribution >= 4 is 23.7 Å². The number of aryl methyl sites for hydroxylation is 1. The van der Waals surface area contributed by atoms with E-state index in [1.807, 2.05) is 43.3 Å². The molecule has 0 unspecified atom stereocenters. The van der Waals surface area contributed by atoms with Gasteiger partial charge in [0.1, 0.15) is 12.4 Å². The van der Waals surface area contributed by atoms with Crippen molar-refractivity contribution in [3.8, 4) is 5.75 Å². The van der Waals surface area contributed by atoms with E-state index < -0.39 is 6.03 Å². The fourth-order valence-electron chi connectivity index (χ4n) is 3.14. The number of nitrogen functional groups attached to an aromatic ring is 1. The summed E-state index contributed by atoms with van der Waals surface area (Å²) in [5.74, 6) is 7.72. The van der Waals surface area contributed by atoms with Crippen LogP contribution in [0.5, 0.6) is 5.75 Å². The fourth-order valence-corrected chi connectivity index (χ4v) is 3.95. The molecule has 0 saturated carbocycles. The molecule has 34 heavy (non-hydrogen) atoms. The van der Waals surface area contributed by atoms with E-state index in [4.69, 9.17) is 10.6 Å². The van der Waals surface area contributed by atoms with Crippen molar-refractivity contribution in [2.75, 3.05) is 11.6 Å². The number of amides is 3. The Labute approximate surface area is 203 Å². The lowest BCUT2D eigenvalue weighted by atomic mass is 10.0. The van der Waals surface area contributed by atoms with E-state index >= 15 is 0 Å². The summed E-state index contributed by atoms with van der Waals surface area (Å²) in [5, 5.41) is 13.6. The monoisotopic (exact) mass is 482 g/mol. The lowest BCUT2D eigenvalue weighted by molar-refractivity contribution is -0.119. The zero-order valence-electron chi connectivity index (χ0n) is 19.6. The van der Waals surface area contributed by atoms with Gasteiger partial charge < -0.3 is 15.9 Å². The molecule has 1 aromatic heterocycles. The number of urea groups is 1. The molecule has 180 valence electrons. The highest BCUT2D eigenvalue weighted by molar-refractivity contribution is 7.99. The third-order valence-corrected chi connectivity index (χ3v) is 5.94. The first-order valence-electron chi connectivity index (χ1n) is 11.0. The van der Waals surface area contributed by atoms with Crippen molar-refractivity contribution in [1.82, 2.24) is 25.5 Å². The number of carbonyl (C=O) groups is 2. The second-order valence-corrected chi connectivity index (χ2v) is 9.13. The zero-order chi connectivity index (χ0) is 24.5. The van der Waals surface area contributed by atoms with Crippen LogP contribution in [0.25, 0.3) is 0 Å². The van der Waals surface area contributed by atoms with Gasteiger partial charge in [-0.15, -0.1) is 10.2 Å². The molecule has 0 aliphatic heterocycles. The Morgan fingerprint density at radius 3 is 2.65 bits per heavy atom. The largest absolute Gasteiger partial charge is 0.485 e. The molecule has 0 aliphatic rings. The Morgan fingerprint density at radius 1 is 1.15 bits per heavy atom. The summed E-state index contributed by atoms with van der Waals surface area (Å²) in [4.78, 5) is 23.9. The number of ether oxygens (including phenoxy) is 1. The Hall–Kier alpha value is -3.53. The SMILES string of the molecule is Cc1ccc(C(C)C)c(OCc2nnc(SCCC(=O)NC(=O)NCc3ccccc3)n2N)c1. The highest BCUT2D eigenvalue weighted by atomic mass is 32.2. The first-order valence-corrected chi connectivity index (χ1v) is 12.0. The molecule has 0 bridgehead atoms. The normalized spacial score (nSPS) is 10.8. The molecular weight excluding hydrogens is 452 g/mol. The molecule has 3 amide bonds. The van der Waals surface area contributed by atoms with E-state index in [2.05, 4.69) is 46.8 Å². The van der Waals surface area contributed by atoms with E-state index in [9.17, 15) is 9.59 Å². The van der Waals surface area contributed by atoms with Crippen LogP contribution in [-0.4, -0.2) is 32.6 Å². The second kappa shape index (κ2) is 12.1. The Kier molecular flexibility index (Phi) is 8.92. The van der Waals surface area contributed by atoms with Crippen LogP contribution in [0, 0.1) is 6.92 Å². The van der Waals surface area contributed by atoms with Crippen molar-refractivity contribution in [1.29, 1.82) is 0 Å². The molecule has 9 nitrogen and oxygen atoms in total. The smallest absolute Gasteiger partial charge is 0.321 e. The molecule has 0 radical (unpaired) electrons. The molecule has 10 heteroatoms. The average Bonchev–Trinajstić information content (AvgIpc) is 3.16. The zero-order valence-corrected chi connectivity index (χ0v) is 20.4. The van der Waals surface area contributed by atoms with Gasteiger partial charge in [0.2, 0.25) is 11.1 Å². The third kappa shape index (κ3) is 7.24. The standard InChI is InChI=1S/C24H30N6O3S/c1-16(2)19-10-9-17(3)13-20(19)33-15-21-28-29-24(30(21)25)34-12-11-22(31)27-23(32)26-14-18-7-5-4-6-8-18/h4-10,13,16H,11-12,14-15,25H2,1-3H3,(H2,26,27,31,32). The van der Waals surface area contributed by atoms with E-state index in [-0.39, 0.29) is 18.9 Å². The Morgan fingerprint density at radius 2 is 1.91 bits per heavy atom. The summed E-state index contributed by atoms with van der Waals surface area (Å²) in [6, 6.07) is 15.1. The number of imide groups is 1. The van der Waals surface area contributed by atoms with Crippen molar-refractivity contribution in [3.63, 3.8) is 0 Å². The van der Waals surface area contributed by atoms with Crippen molar-refractivity contribution in [2.45, 2.75) is 51.4 Å². The van der Waals surface area contributed by atoms with E-state index in [0.717, 1.165) is 22.4 Å². The number of hydrogen-bond acceptors (Lipinski definition) is 7. The number of nitrogens with one attached hydrogen (secondary N) is 2. The molecule has 1 heterocycles. The van der Waals surface area contributed by atoms with Gasteiger partial charge in [-0.2, -0.15) is 0 Å². The summed E-state index contributed by atoms with van der Waals surface area (Å²) in [5.41, 5.74) is 3.17. The lowest BCUT2D eigenvalue weighted by Gasteiger charge is -2.14. The van der Waals surface area contributed by atoms with Gasteiger partial charge >= 0.3 is 6.03 Å². The molecule has 3 aromatic rings. The molecule has 0 aliphatic carbocycles. The number of rotatable bonds is 10. The molecule has 0 saturated heterocycles. The van der Waals surface area contributed by atoms with Crippen LogP contribution in [0.2, 0.25) is 0 Å². The van der Waals surface area contributed by atoms with Crippen molar-refractivity contribution in [3.05, 3.63) is 71.0 Å². The van der Waals surface area contributed by atoms with E-state index in [1.165, 1.54) is 16.4 Å². The molecule has 3 rings (SSSR count). The Bertz CT molecular complexity index is 1120. The number of aromatic nitrogens is 3. The molecule has 2 aromatic carbocycles. The lowest BCUT2D eigenvalue weighted by Crippen LogP contribution is -2.39. The van der Waals surface area contributed by atoms with E-state index in [0.29, 0.717) is 29.2 Å². The van der Waals surface area contributed by atoms with Gasteiger partial charge in [0.05, 0.1) is 0 Å². The minimum absolute atomic E-state index is 0.128. The maximum Gasteiger partial charge on any atom is 0.321 e. The molecular formula is C24H30N6O3S. The first kappa shape index (κ1) is 25.1. The second-order valence-electron chi connectivity index (χ2n) is 8.07. The van der Waals surface area contributed by atoms with Crippen LogP contribution in [0.1, 0.15) is 48.7 Å².